The molecule has 30 heavy (non-hydrogen) atoms. The van der Waals surface area contributed by atoms with Gasteiger partial charge in [0.15, 0.2) is 22.5 Å². The van der Waals surface area contributed by atoms with Crippen molar-refractivity contribution in [2.45, 2.75) is 19.4 Å². The summed E-state index contributed by atoms with van der Waals surface area (Å²) in [5.74, 6) is -1.24. The third kappa shape index (κ3) is 7.18. The van der Waals surface area contributed by atoms with E-state index in [4.69, 9.17) is 33.5 Å². The maximum atomic E-state index is 12.5. The second-order valence-corrected chi connectivity index (χ2v) is 6.36. The summed E-state index contributed by atoms with van der Waals surface area (Å²) in [6.45, 7) is 0.863. The predicted molar refractivity (Wildman–Crippen MR) is 114 cm³/mol. The van der Waals surface area contributed by atoms with Gasteiger partial charge in [0.1, 0.15) is 6.61 Å². The number of ether oxygens (including phenoxy) is 1. The molecule has 0 spiro atoms. The zero-order valence-electron chi connectivity index (χ0n) is 16.1. The molecule has 0 radical (unpaired) electrons. The van der Waals surface area contributed by atoms with Crippen LogP contribution < -0.4 is 27.8 Å². The minimum absolute atomic E-state index is 0.0487. The van der Waals surface area contributed by atoms with Crippen LogP contribution in [0.5, 0.6) is 0 Å². The molecule has 11 nitrogen and oxygen atoms in total. The number of hydrogen-bond acceptors (Lipinski definition) is 9. The number of halogens is 1. The third-order valence-electron chi connectivity index (χ3n) is 3.67. The van der Waals surface area contributed by atoms with Crippen molar-refractivity contribution in [1.82, 2.24) is 20.6 Å². The lowest BCUT2D eigenvalue weighted by Crippen LogP contribution is -2.44. The Morgan fingerprint density at radius 3 is 2.50 bits per heavy atom. The molecule has 0 aliphatic carbocycles. The molecule has 0 bridgehead atoms. The SMILES string of the molecule is NCCCCN=C(NC(=O)OCc1ccccc1)NC(=O)c1nc(Cl)c(N)nc1N. The van der Waals surface area contributed by atoms with Crippen molar-refractivity contribution in [3.8, 4) is 0 Å². The van der Waals surface area contributed by atoms with Crippen LogP contribution in [0.1, 0.15) is 28.9 Å². The Hall–Kier alpha value is -3.44. The van der Waals surface area contributed by atoms with E-state index < -0.39 is 12.0 Å². The highest BCUT2D eigenvalue weighted by Crippen LogP contribution is 2.17. The number of alkyl carbamates (subject to hydrolysis) is 1. The van der Waals surface area contributed by atoms with E-state index in [1.807, 2.05) is 30.3 Å². The number of unbranched alkanes of at least 4 members (excludes halogenated alkanes) is 1. The number of hydrogen-bond donors (Lipinski definition) is 5. The highest BCUT2D eigenvalue weighted by molar-refractivity contribution is 6.31. The molecule has 0 aliphatic rings. The Morgan fingerprint density at radius 2 is 1.80 bits per heavy atom. The Kier molecular flexibility index (Phi) is 8.78. The Labute approximate surface area is 178 Å². The molecular weight excluding hydrogens is 412 g/mol. The van der Waals surface area contributed by atoms with Crippen molar-refractivity contribution in [3.05, 3.63) is 46.7 Å². The number of rotatable bonds is 7. The molecule has 1 heterocycles. The van der Waals surface area contributed by atoms with Gasteiger partial charge in [0.2, 0.25) is 5.96 Å². The van der Waals surface area contributed by atoms with Crippen LogP contribution in [0.3, 0.4) is 0 Å². The summed E-state index contributed by atoms with van der Waals surface area (Å²) in [7, 11) is 0. The van der Waals surface area contributed by atoms with Gasteiger partial charge in [-0.3, -0.25) is 20.4 Å². The zero-order chi connectivity index (χ0) is 21.9. The van der Waals surface area contributed by atoms with E-state index in [1.165, 1.54) is 0 Å². The summed E-state index contributed by atoms with van der Waals surface area (Å²) in [5.41, 5.74) is 17.2. The van der Waals surface area contributed by atoms with E-state index in [0.717, 1.165) is 12.0 Å². The van der Waals surface area contributed by atoms with Gasteiger partial charge in [0, 0.05) is 6.54 Å². The van der Waals surface area contributed by atoms with Gasteiger partial charge in [0.05, 0.1) is 0 Å². The standard InChI is InChI=1S/C18H23ClN8O3/c19-13-15(22)25-14(21)12(24-13)16(28)26-17(23-9-5-4-8-20)27-18(29)30-10-11-6-2-1-3-7-11/h1-3,6-7H,4-5,8-10,20H2,(H4,21,22,25)(H2,23,26,27,28,29). The first kappa shape index (κ1) is 22.8. The molecule has 0 saturated carbocycles. The number of nitrogens with two attached hydrogens (primary N) is 3. The van der Waals surface area contributed by atoms with Crippen LogP contribution in [0.15, 0.2) is 35.3 Å². The number of aromatic nitrogens is 2. The molecule has 1 aromatic heterocycles. The Bertz CT molecular complexity index is 908. The summed E-state index contributed by atoms with van der Waals surface area (Å²) in [6.07, 6.45) is 0.590. The minimum Gasteiger partial charge on any atom is -0.444 e. The van der Waals surface area contributed by atoms with Gasteiger partial charge in [-0.2, -0.15) is 0 Å². The molecule has 0 fully saturated rings. The fraction of sp³-hybridized carbons (Fsp3) is 0.278. The van der Waals surface area contributed by atoms with Crippen molar-refractivity contribution in [2.75, 3.05) is 24.6 Å². The maximum Gasteiger partial charge on any atom is 0.414 e. The topological polar surface area (TPSA) is 184 Å². The fourth-order valence-corrected chi connectivity index (χ4v) is 2.32. The lowest BCUT2D eigenvalue weighted by Gasteiger charge is -2.12. The molecule has 2 aromatic rings. The van der Waals surface area contributed by atoms with Crippen molar-refractivity contribution in [2.24, 2.45) is 10.7 Å². The van der Waals surface area contributed by atoms with Crippen LogP contribution in [0.4, 0.5) is 16.4 Å². The average Bonchev–Trinajstić information content (AvgIpc) is 2.73. The van der Waals surface area contributed by atoms with Crippen molar-refractivity contribution in [1.29, 1.82) is 0 Å². The molecule has 12 heteroatoms. The van der Waals surface area contributed by atoms with Gasteiger partial charge in [-0.25, -0.2) is 14.8 Å². The molecular formula is C18H23ClN8O3. The predicted octanol–water partition coefficient (Wildman–Crippen LogP) is 1.05. The van der Waals surface area contributed by atoms with Crippen LogP contribution in [0.25, 0.3) is 0 Å². The quantitative estimate of drug-likeness (QED) is 0.243. The van der Waals surface area contributed by atoms with E-state index in [9.17, 15) is 9.59 Å². The number of carbonyl (C=O) groups excluding carboxylic acids is 2. The number of carbonyl (C=O) groups is 2. The second kappa shape index (κ2) is 11.5. The summed E-state index contributed by atoms with van der Waals surface area (Å²) in [5, 5.41) is 4.63. The molecule has 2 rings (SSSR count). The fourth-order valence-electron chi connectivity index (χ4n) is 2.19. The van der Waals surface area contributed by atoms with E-state index in [1.54, 1.807) is 0 Å². The first-order valence-electron chi connectivity index (χ1n) is 9.02. The van der Waals surface area contributed by atoms with Crippen molar-refractivity contribution >= 4 is 41.2 Å². The summed E-state index contributed by atoms with van der Waals surface area (Å²) >= 11 is 5.80. The van der Waals surface area contributed by atoms with E-state index in [0.29, 0.717) is 19.5 Å². The molecule has 160 valence electrons. The van der Waals surface area contributed by atoms with E-state index in [2.05, 4.69) is 25.6 Å². The lowest BCUT2D eigenvalue weighted by atomic mass is 10.2. The number of nitrogens with zero attached hydrogens (tertiary/aromatic N) is 3. The maximum absolute atomic E-state index is 12.5. The molecule has 0 saturated heterocycles. The molecule has 1 aromatic carbocycles. The summed E-state index contributed by atoms with van der Waals surface area (Å²) in [4.78, 5) is 36.4. The second-order valence-electron chi connectivity index (χ2n) is 6.00. The number of nitrogen functional groups attached to an aromatic ring is 2. The Morgan fingerprint density at radius 1 is 1.07 bits per heavy atom. The van der Waals surface area contributed by atoms with Crippen LogP contribution in [-0.4, -0.2) is 41.0 Å². The van der Waals surface area contributed by atoms with Gasteiger partial charge in [-0.05, 0) is 24.9 Å². The first-order valence-corrected chi connectivity index (χ1v) is 9.40. The number of aliphatic imine (C=N–C) groups is 1. The first-order chi connectivity index (χ1) is 14.4. The minimum atomic E-state index is -0.800. The smallest absolute Gasteiger partial charge is 0.414 e. The largest absolute Gasteiger partial charge is 0.444 e. The average molecular weight is 435 g/mol. The lowest BCUT2D eigenvalue weighted by molar-refractivity contribution is 0.0971. The zero-order valence-corrected chi connectivity index (χ0v) is 16.9. The molecule has 2 amide bonds. The summed E-state index contributed by atoms with van der Waals surface area (Å²) in [6, 6.07) is 9.12. The van der Waals surface area contributed by atoms with Crippen LogP contribution in [0, 0.1) is 0 Å². The van der Waals surface area contributed by atoms with Crippen molar-refractivity contribution < 1.29 is 14.3 Å². The monoisotopic (exact) mass is 434 g/mol. The number of anilines is 2. The van der Waals surface area contributed by atoms with Crippen LogP contribution >= 0.6 is 11.6 Å². The van der Waals surface area contributed by atoms with Crippen LogP contribution in [0.2, 0.25) is 5.15 Å². The van der Waals surface area contributed by atoms with Gasteiger partial charge >= 0.3 is 6.09 Å². The Balaban J connectivity index is 2.05. The van der Waals surface area contributed by atoms with Gasteiger partial charge in [-0.1, -0.05) is 41.9 Å². The van der Waals surface area contributed by atoms with Gasteiger partial charge < -0.3 is 21.9 Å². The molecule has 0 aliphatic heterocycles. The van der Waals surface area contributed by atoms with Gasteiger partial charge in [0.25, 0.3) is 5.91 Å². The highest BCUT2D eigenvalue weighted by atomic mass is 35.5. The van der Waals surface area contributed by atoms with E-state index in [-0.39, 0.29) is 35.0 Å². The summed E-state index contributed by atoms with van der Waals surface area (Å²) < 4.78 is 5.14. The number of nitrogens with one attached hydrogen (secondary N) is 2. The van der Waals surface area contributed by atoms with Crippen molar-refractivity contribution in [3.63, 3.8) is 0 Å². The number of benzene rings is 1. The number of guanidine groups is 1. The highest BCUT2D eigenvalue weighted by Gasteiger charge is 2.19. The van der Waals surface area contributed by atoms with E-state index >= 15 is 0 Å². The number of amides is 2. The molecule has 0 unspecified atom stereocenters. The normalized spacial score (nSPS) is 11.1. The van der Waals surface area contributed by atoms with Crippen LogP contribution in [-0.2, 0) is 11.3 Å². The van der Waals surface area contributed by atoms with Gasteiger partial charge in [-0.15, -0.1) is 0 Å². The molecule has 0 atom stereocenters. The third-order valence-corrected chi connectivity index (χ3v) is 3.95. The molecule has 8 N–H and O–H groups in total.